The van der Waals surface area contributed by atoms with E-state index >= 15 is 0 Å². The lowest BCUT2D eigenvalue weighted by Crippen LogP contribution is -2.28. The van der Waals surface area contributed by atoms with Gasteiger partial charge < -0.3 is 10.4 Å². The zero-order valence-corrected chi connectivity index (χ0v) is 10.7. The van der Waals surface area contributed by atoms with E-state index in [1.165, 1.54) is 0 Å². The van der Waals surface area contributed by atoms with Gasteiger partial charge in [-0.05, 0) is 30.7 Å². The van der Waals surface area contributed by atoms with Crippen LogP contribution in [-0.2, 0) is 11.2 Å². The van der Waals surface area contributed by atoms with Crippen molar-refractivity contribution in [2.24, 2.45) is 0 Å². The number of hydrogen-bond donors (Lipinski definition) is 2. The summed E-state index contributed by atoms with van der Waals surface area (Å²) in [5.41, 5.74) is 1.63. The molecule has 1 atom stereocenters. The molecule has 0 spiro atoms. The topological polar surface area (TPSA) is 62.2 Å². The molecule has 0 radical (unpaired) electrons. The Bertz CT molecular complexity index is 555. The summed E-state index contributed by atoms with van der Waals surface area (Å²) in [4.78, 5) is 15.9. The first kappa shape index (κ1) is 13.1. The van der Waals surface area contributed by atoms with Crippen LogP contribution in [0.3, 0.4) is 0 Å². The number of nitrogens with zero attached hydrogens (tertiary/aromatic N) is 1. The van der Waals surface area contributed by atoms with Crippen LogP contribution in [0, 0.1) is 0 Å². The number of amides is 1. The molecule has 2 aromatic rings. The van der Waals surface area contributed by atoms with Crippen LogP contribution in [-0.4, -0.2) is 16.0 Å². The van der Waals surface area contributed by atoms with Crippen molar-refractivity contribution < 1.29 is 9.90 Å². The van der Waals surface area contributed by atoms with E-state index in [1.54, 1.807) is 36.7 Å². The molecule has 0 aliphatic carbocycles. The summed E-state index contributed by atoms with van der Waals surface area (Å²) in [5.74, 6) is 0.0278. The third-order valence-electron chi connectivity index (χ3n) is 2.93. The van der Waals surface area contributed by atoms with Crippen LogP contribution in [0.2, 0.25) is 0 Å². The molecule has 0 aliphatic rings. The Morgan fingerprint density at radius 2 is 1.95 bits per heavy atom. The number of hydrogen-bond acceptors (Lipinski definition) is 3. The van der Waals surface area contributed by atoms with Gasteiger partial charge in [-0.1, -0.05) is 18.2 Å². The minimum Gasteiger partial charge on any atom is -0.508 e. The van der Waals surface area contributed by atoms with Crippen molar-refractivity contribution in [1.29, 1.82) is 0 Å². The maximum absolute atomic E-state index is 11.9. The van der Waals surface area contributed by atoms with Crippen LogP contribution in [0.1, 0.15) is 24.1 Å². The Kier molecular flexibility index (Phi) is 4.13. The van der Waals surface area contributed by atoms with Crippen LogP contribution in [0.5, 0.6) is 5.75 Å². The summed E-state index contributed by atoms with van der Waals surface area (Å²) in [6.45, 7) is 1.91. The van der Waals surface area contributed by atoms with E-state index < -0.39 is 0 Å². The van der Waals surface area contributed by atoms with Crippen molar-refractivity contribution in [1.82, 2.24) is 10.3 Å². The first-order valence-corrected chi connectivity index (χ1v) is 6.13. The van der Waals surface area contributed by atoms with Gasteiger partial charge in [0.2, 0.25) is 5.91 Å². The Balaban J connectivity index is 1.97. The SMILES string of the molecule is CC(NC(=O)Cc1ccccc1O)c1ccncc1. The quantitative estimate of drug-likeness (QED) is 0.881. The number of para-hydroxylation sites is 1. The first-order chi connectivity index (χ1) is 9.16. The maximum Gasteiger partial charge on any atom is 0.225 e. The molecule has 1 heterocycles. The van der Waals surface area contributed by atoms with Crippen molar-refractivity contribution in [3.8, 4) is 5.75 Å². The van der Waals surface area contributed by atoms with Gasteiger partial charge in [0.15, 0.2) is 0 Å². The molecular formula is C15H16N2O2. The summed E-state index contributed by atoms with van der Waals surface area (Å²) < 4.78 is 0. The zero-order valence-electron chi connectivity index (χ0n) is 10.7. The lowest BCUT2D eigenvalue weighted by atomic mass is 10.1. The van der Waals surface area contributed by atoms with Gasteiger partial charge in [-0.25, -0.2) is 0 Å². The van der Waals surface area contributed by atoms with Gasteiger partial charge in [-0.2, -0.15) is 0 Å². The Morgan fingerprint density at radius 3 is 2.63 bits per heavy atom. The van der Waals surface area contributed by atoms with Crippen molar-refractivity contribution >= 4 is 5.91 Å². The highest BCUT2D eigenvalue weighted by molar-refractivity contribution is 5.79. The Hall–Kier alpha value is -2.36. The lowest BCUT2D eigenvalue weighted by Gasteiger charge is -2.14. The Labute approximate surface area is 112 Å². The average Bonchev–Trinajstić information content (AvgIpc) is 2.42. The van der Waals surface area contributed by atoms with E-state index in [2.05, 4.69) is 10.3 Å². The van der Waals surface area contributed by atoms with Gasteiger partial charge in [-0.15, -0.1) is 0 Å². The summed E-state index contributed by atoms with van der Waals surface area (Å²) in [7, 11) is 0. The minimum absolute atomic E-state index is 0.0821. The number of phenolic OH excluding ortho intramolecular Hbond substituents is 1. The van der Waals surface area contributed by atoms with Crippen LogP contribution in [0.15, 0.2) is 48.8 Å². The zero-order chi connectivity index (χ0) is 13.7. The summed E-state index contributed by atoms with van der Waals surface area (Å²) >= 11 is 0. The van der Waals surface area contributed by atoms with Gasteiger partial charge >= 0.3 is 0 Å². The normalized spacial score (nSPS) is 11.8. The van der Waals surface area contributed by atoms with E-state index in [0.717, 1.165) is 5.56 Å². The highest BCUT2D eigenvalue weighted by atomic mass is 16.3. The van der Waals surface area contributed by atoms with Gasteiger partial charge in [0.05, 0.1) is 12.5 Å². The van der Waals surface area contributed by atoms with E-state index in [-0.39, 0.29) is 24.1 Å². The molecule has 4 nitrogen and oxygen atoms in total. The van der Waals surface area contributed by atoms with Crippen molar-refractivity contribution in [2.45, 2.75) is 19.4 Å². The molecule has 0 saturated heterocycles. The Morgan fingerprint density at radius 1 is 1.26 bits per heavy atom. The monoisotopic (exact) mass is 256 g/mol. The number of aromatic hydroxyl groups is 1. The van der Waals surface area contributed by atoms with Crippen molar-refractivity contribution in [3.63, 3.8) is 0 Å². The highest BCUT2D eigenvalue weighted by Crippen LogP contribution is 2.17. The summed E-state index contributed by atoms with van der Waals surface area (Å²) in [6.07, 6.45) is 3.56. The number of rotatable bonds is 4. The molecule has 0 aliphatic heterocycles. The molecule has 1 aromatic carbocycles. The molecule has 2 rings (SSSR count). The number of pyridine rings is 1. The number of phenols is 1. The fraction of sp³-hybridized carbons (Fsp3) is 0.200. The number of carbonyl (C=O) groups excluding carboxylic acids is 1. The molecule has 1 amide bonds. The average molecular weight is 256 g/mol. The molecule has 98 valence electrons. The van der Waals surface area contributed by atoms with Crippen LogP contribution < -0.4 is 5.32 Å². The van der Waals surface area contributed by atoms with Gasteiger partial charge in [0.25, 0.3) is 0 Å². The maximum atomic E-state index is 11.9. The highest BCUT2D eigenvalue weighted by Gasteiger charge is 2.11. The van der Waals surface area contributed by atoms with Crippen molar-refractivity contribution in [2.75, 3.05) is 0 Å². The van der Waals surface area contributed by atoms with E-state index in [0.29, 0.717) is 5.56 Å². The second-order valence-electron chi connectivity index (χ2n) is 4.38. The number of carbonyl (C=O) groups is 1. The molecule has 0 saturated carbocycles. The largest absolute Gasteiger partial charge is 0.508 e. The molecule has 2 N–H and O–H groups in total. The summed E-state index contributed by atoms with van der Waals surface area (Å²) in [5, 5.41) is 12.5. The van der Waals surface area contributed by atoms with E-state index in [9.17, 15) is 9.90 Å². The van der Waals surface area contributed by atoms with Crippen LogP contribution in [0.25, 0.3) is 0 Å². The third-order valence-corrected chi connectivity index (χ3v) is 2.93. The molecule has 0 fully saturated rings. The molecule has 1 aromatic heterocycles. The molecular weight excluding hydrogens is 240 g/mol. The number of benzene rings is 1. The second-order valence-corrected chi connectivity index (χ2v) is 4.38. The van der Waals surface area contributed by atoms with Gasteiger partial charge in [0.1, 0.15) is 5.75 Å². The predicted octanol–water partition coefficient (Wildman–Crippen LogP) is 2.21. The van der Waals surface area contributed by atoms with E-state index in [1.807, 2.05) is 19.1 Å². The summed E-state index contributed by atoms with van der Waals surface area (Å²) in [6, 6.07) is 10.5. The molecule has 19 heavy (non-hydrogen) atoms. The van der Waals surface area contributed by atoms with Gasteiger partial charge in [-0.3, -0.25) is 9.78 Å². The van der Waals surface area contributed by atoms with E-state index in [4.69, 9.17) is 0 Å². The standard InChI is InChI=1S/C15H16N2O2/c1-11(12-6-8-16-9-7-12)17-15(19)10-13-4-2-3-5-14(13)18/h2-9,11,18H,10H2,1H3,(H,17,19). The van der Waals surface area contributed by atoms with Gasteiger partial charge in [0, 0.05) is 18.0 Å². The predicted molar refractivity (Wildman–Crippen MR) is 72.6 cm³/mol. The number of nitrogens with one attached hydrogen (secondary N) is 1. The molecule has 1 unspecified atom stereocenters. The molecule has 0 bridgehead atoms. The molecule has 4 heteroatoms. The fourth-order valence-corrected chi connectivity index (χ4v) is 1.86. The second kappa shape index (κ2) is 6.00. The van der Waals surface area contributed by atoms with Crippen LogP contribution in [0.4, 0.5) is 0 Å². The smallest absolute Gasteiger partial charge is 0.225 e. The lowest BCUT2D eigenvalue weighted by molar-refractivity contribution is -0.121. The van der Waals surface area contributed by atoms with Crippen LogP contribution >= 0.6 is 0 Å². The minimum atomic E-state index is -0.120. The number of aromatic nitrogens is 1. The third kappa shape index (κ3) is 3.55. The fourth-order valence-electron chi connectivity index (χ4n) is 1.86. The first-order valence-electron chi connectivity index (χ1n) is 6.13. The van der Waals surface area contributed by atoms with Crippen molar-refractivity contribution in [3.05, 3.63) is 59.9 Å².